The number of aromatic nitrogens is 4. The predicted octanol–water partition coefficient (Wildman–Crippen LogP) is 5.91. The topological polar surface area (TPSA) is 112 Å². The first-order chi connectivity index (χ1) is 20.2. The molecule has 3 heterocycles. The summed E-state index contributed by atoms with van der Waals surface area (Å²) in [6.45, 7) is 8.30. The number of hydrogen-bond acceptors (Lipinski definition) is 8. The predicted molar refractivity (Wildman–Crippen MR) is 163 cm³/mol. The molecule has 3 aromatic carbocycles. The van der Waals surface area contributed by atoms with E-state index in [1.165, 1.54) is 6.33 Å². The molecule has 10 heteroatoms. The van der Waals surface area contributed by atoms with E-state index in [9.17, 15) is 4.79 Å². The highest BCUT2D eigenvalue weighted by Crippen LogP contribution is 2.33. The number of amides is 1. The van der Waals surface area contributed by atoms with Crippen LogP contribution < -0.4 is 15.4 Å². The molecule has 0 aliphatic carbocycles. The first-order valence-electron chi connectivity index (χ1n) is 13.9. The standard InChI is InChI=1S/C32H33N7O3/c1-32(2,3)42-31(40)38-19-17-37(18-20-38)23-11-13-24(14-12-23)39-30-27(29(33)34-21-35-30)28(36-39)22-9-15-26(16-10-22)41-25-7-5-4-6-8-25/h4-16,21H,17-20H2,1-3H3,(H2,33,34,35). The van der Waals surface area contributed by atoms with Crippen LogP contribution in [0.5, 0.6) is 11.5 Å². The van der Waals surface area contributed by atoms with Gasteiger partial charge in [0.1, 0.15) is 34.9 Å². The maximum absolute atomic E-state index is 12.4. The average Bonchev–Trinajstić information content (AvgIpc) is 3.38. The largest absolute Gasteiger partial charge is 0.457 e. The summed E-state index contributed by atoms with van der Waals surface area (Å²) in [7, 11) is 0. The van der Waals surface area contributed by atoms with Crippen molar-refractivity contribution in [2.24, 2.45) is 0 Å². The molecule has 1 fully saturated rings. The Balaban J connectivity index is 1.22. The Labute approximate surface area is 244 Å². The minimum Gasteiger partial charge on any atom is -0.457 e. The monoisotopic (exact) mass is 563 g/mol. The molecular formula is C32H33N7O3. The van der Waals surface area contributed by atoms with Crippen molar-refractivity contribution in [3.63, 3.8) is 0 Å². The Kier molecular flexibility index (Phi) is 7.12. The van der Waals surface area contributed by atoms with Crippen LogP contribution in [0.1, 0.15) is 20.8 Å². The van der Waals surface area contributed by atoms with Crippen molar-refractivity contribution in [1.82, 2.24) is 24.6 Å². The van der Waals surface area contributed by atoms with Gasteiger partial charge in [-0.25, -0.2) is 19.4 Å². The van der Waals surface area contributed by atoms with Gasteiger partial charge in [0.25, 0.3) is 0 Å². The summed E-state index contributed by atoms with van der Waals surface area (Å²) in [5.41, 5.74) is 9.94. The molecule has 0 atom stereocenters. The van der Waals surface area contributed by atoms with Gasteiger partial charge in [-0.15, -0.1) is 0 Å². The van der Waals surface area contributed by atoms with Gasteiger partial charge in [0.05, 0.1) is 11.1 Å². The number of benzene rings is 3. The normalized spacial score (nSPS) is 13.8. The number of anilines is 2. The molecule has 6 rings (SSSR count). The fourth-order valence-electron chi connectivity index (χ4n) is 4.94. The smallest absolute Gasteiger partial charge is 0.410 e. The number of para-hydroxylation sites is 1. The molecule has 5 aromatic rings. The number of carbonyl (C=O) groups excluding carboxylic acids is 1. The summed E-state index contributed by atoms with van der Waals surface area (Å²) in [4.78, 5) is 25.2. The van der Waals surface area contributed by atoms with Crippen LogP contribution in [0.15, 0.2) is 85.2 Å². The van der Waals surface area contributed by atoms with E-state index in [0.29, 0.717) is 35.6 Å². The van der Waals surface area contributed by atoms with E-state index < -0.39 is 5.60 Å². The summed E-state index contributed by atoms with van der Waals surface area (Å²) in [6.07, 6.45) is 1.19. The fourth-order valence-corrected chi connectivity index (χ4v) is 4.94. The maximum Gasteiger partial charge on any atom is 0.410 e. The minimum atomic E-state index is -0.504. The third-order valence-electron chi connectivity index (χ3n) is 6.99. The molecule has 1 aliphatic rings. The van der Waals surface area contributed by atoms with Gasteiger partial charge in [0.2, 0.25) is 0 Å². The third kappa shape index (κ3) is 5.69. The van der Waals surface area contributed by atoms with Crippen LogP contribution in [0.2, 0.25) is 0 Å². The highest BCUT2D eigenvalue weighted by atomic mass is 16.6. The lowest BCUT2D eigenvalue weighted by Crippen LogP contribution is -2.50. The van der Waals surface area contributed by atoms with Crippen molar-refractivity contribution >= 4 is 28.6 Å². The summed E-state index contributed by atoms with van der Waals surface area (Å²) >= 11 is 0. The third-order valence-corrected chi connectivity index (χ3v) is 6.99. The molecule has 2 N–H and O–H groups in total. The van der Waals surface area contributed by atoms with Crippen LogP contribution in [0, 0.1) is 0 Å². The second-order valence-corrected chi connectivity index (χ2v) is 11.1. The molecule has 10 nitrogen and oxygen atoms in total. The molecule has 0 unspecified atom stereocenters. The average molecular weight is 564 g/mol. The number of ether oxygens (including phenoxy) is 2. The molecule has 0 spiro atoms. The molecule has 214 valence electrons. The van der Waals surface area contributed by atoms with Crippen LogP contribution in [-0.4, -0.2) is 62.5 Å². The van der Waals surface area contributed by atoms with Gasteiger partial charge in [-0.05, 0) is 81.4 Å². The fraction of sp³-hybridized carbons (Fsp3) is 0.250. The number of nitrogens with zero attached hydrogens (tertiary/aromatic N) is 6. The van der Waals surface area contributed by atoms with E-state index in [-0.39, 0.29) is 6.09 Å². The number of hydrogen-bond donors (Lipinski definition) is 1. The summed E-state index contributed by atoms with van der Waals surface area (Å²) in [6, 6.07) is 25.5. The number of carbonyl (C=O) groups is 1. The van der Waals surface area contributed by atoms with E-state index >= 15 is 0 Å². The lowest BCUT2D eigenvalue weighted by atomic mass is 10.1. The SMILES string of the molecule is CC(C)(C)OC(=O)N1CCN(c2ccc(-n3nc(-c4ccc(Oc5ccccc5)cc4)c4c(N)ncnc43)cc2)CC1. The van der Waals surface area contributed by atoms with Crippen LogP contribution in [0.4, 0.5) is 16.3 Å². The second kappa shape index (κ2) is 11.0. The van der Waals surface area contributed by atoms with Crippen molar-refractivity contribution in [3.05, 3.63) is 85.2 Å². The van der Waals surface area contributed by atoms with Crippen LogP contribution in [0.25, 0.3) is 28.0 Å². The lowest BCUT2D eigenvalue weighted by molar-refractivity contribution is 0.0240. The molecule has 1 saturated heterocycles. The summed E-state index contributed by atoms with van der Waals surface area (Å²) in [5.74, 6) is 1.86. The molecule has 0 radical (unpaired) electrons. The number of nitrogen functional groups attached to an aromatic ring is 1. The van der Waals surface area contributed by atoms with Crippen molar-refractivity contribution in [2.45, 2.75) is 26.4 Å². The van der Waals surface area contributed by atoms with E-state index in [1.54, 1.807) is 9.58 Å². The first-order valence-corrected chi connectivity index (χ1v) is 13.9. The number of piperazine rings is 1. The van der Waals surface area contributed by atoms with Crippen LogP contribution in [-0.2, 0) is 4.74 Å². The van der Waals surface area contributed by atoms with E-state index in [0.717, 1.165) is 41.5 Å². The van der Waals surface area contributed by atoms with Gasteiger partial charge in [0, 0.05) is 37.4 Å². The van der Waals surface area contributed by atoms with Gasteiger partial charge in [-0.2, -0.15) is 5.10 Å². The quantitative estimate of drug-likeness (QED) is 0.281. The maximum atomic E-state index is 12.4. The molecule has 42 heavy (non-hydrogen) atoms. The first kappa shape index (κ1) is 27.1. The Morgan fingerprint density at radius 2 is 1.45 bits per heavy atom. The summed E-state index contributed by atoms with van der Waals surface area (Å²) < 4.78 is 13.3. The van der Waals surface area contributed by atoms with Gasteiger partial charge < -0.3 is 25.0 Å². The van der Waals surface area contributed by atoms with Crippen molar-refractivity contribution in [2.75, 3.05) is 36.8 Å². The molecule has 0 saturated carbocycles. The second-order valence-electron chi connectivity index (χ2n) is 11.1. The lowest BCUT2D eigenvalue weighted by Gasteiger charge is -2.36. The van der Waals surface area contributed by atoms with Crippen molar-refractivity contribution < 1.29 is 14.3 Å². The summed E-state index contributed by atoms with van der Waals surface area (Å²) in [5, 5.41) is 5.62. The Morgan fingerprint density at radius 3 is 2.12 bits per heavy atom. The van der Waals surface area contributed by atoms with Gasteiger partial charge in [-0.1, -0.05) is 18.2 Å². The Hall–Kier alpha value is -5.12. The van der Waals surface area contributed by atoms with Crippen LogP contribution in [0.3, 0.4) is 0 Å². The minimum absolute atomic E-state index is 0.265. The highest BCUT2D eigenvalue weighted by Gasteiger charge is 2.26. The van der Waals surface area contributed by atoms with Crippen molar-refractivity contribution in [3.8, 4) is 28.4 Å². The zero-order chi connectivity index (χ0) is 29.3. The zero-order valence-corrected chi connectivity index (χ0v) is 23.9. The number of nitrogens with two attached hydrogens (primary N) is 1. The van der Waals surface area contributed by atoms with E-state index in [2.05, 4.69) is 27.0 Å². The molecule has 1 aliphatic heterocycles. The highest BCUT2D eigenvalue weighted by molar-refractivity contribution is 5.99. The van der Waals surface area contributed by atoms with Gasteiger partial charge >= 0.3 is 6.09 Å². The number of rotatable bonds is 5. The zero-order valence-electron chi connectivity index (χ0n) is 23.9. The number of fused-ring (bicyclic) bond motifs is 1. The van der Waals surface area contributed by atoms with Crippen molar-refractivity contribution in [1.29, 1.82) is 0 Å². The Morgan fingerprint density at radius 1 is 0.810 bits per heavy atom. The van der Waals surface area contributed by atoms with Gasteiger partial charge in [-0.3, -0.25) is 0 Å². The molecule has 2 aromatic heterocycles. The Bertz CT molecular complexity index is 1690. The molecule has 1 amide bonds. The van der Waals surface area contributed by atoms with Crippen LogP contribution >= 0.6 is 0 Å². The molecular weight excluding hydrogens is 530 g/mol. The van der Waals surface area contributed by atoms with Gasteiger partial charge in [0.15, 0.2) is 5.65 Å². The van der Waals surface area contributed by atoms with E-state index in [1.807, 2.05) is 87.5 Å². The molecule has 0 bridgehead atoms. The van der Waals surface area contributed by atoms with E-state index in [4.69, 9.17) is 20.3 Å².